The molecule has 0 radical (unpaired) electrons. The molecule has 0 aromatic carbocycles. The third kappa shape index (κ3) is 1.99. The molecule has 0 bridgehead atoms. The van der Waals surface area contributed by atoms with Gasteiger partial charge in [-0.2, -0.15) is 0 Å². The van der Waals surface area contributed by atoms with Crippen molar-refractivity contribution in [2.24, 2.45) is 0 Å². The molecule has 2 heterocycles. The molecule has 5 heteroatoms. The summed E-state index contributed by atoms with van der Waals surface area (Å²) in [6, 6.07) is 3.77. The van der Waals surface area contributed by atoms with Gasteiger partial charge in [0.15, 0.2) is 0 Å². The summed E-state index contributed by atoms with van der Waals surface area (Å²) >= 11 is 3.37. The van der Waals surface area contributed by atoms with Gasteiger partial charge >= 0.3 is 5.97 Å². The van der Waals surface area contributed by atoms with Crippen molar-refractivity contribution in [2.75, 3.05) is 0 Å². The second kappa shape index (κ2) is 4.09. The number of aryl methyl sites for hydroxylation is 1. The van der Waals surface area contributed by atoms with E-state index in [4.69, 9.17) is 5.11 Å². The molecule has 2 aromatic rings. The van der Waals surface area contributed by atoms with Crippen LogP contribution in [0, 0.1) is 6.92 Å². The van der Waals surface area contributed by atoms with Crippen molar-refractivity contribution in [1.82, 2.24) is 9.38 Å². The van der Waals surface area contributed by atoms with E-state index in [9.17, 15) is 4.79 Å². The lowest BCUT2D eigenvalue weighted by Crippen LogP contribution is -1.90. The number of imidazole rings is 1. The van der Waals surface area contributed by atoms with Gasteiger partial charge in [-0.25, -0.2) is 9.78 Å². The molecule has 1 N–H and O–H groups in total. The molecule has 82 valence electrons. The molecule has 16 heavy (non-hydrogen) atoms. The van der Waals surface area contributed by atoms with Crippen LogP contribution >= 0.6 is 15.9 Å². The third-order valence-corrected chi connectivity index (χ3v) is 2.66. The first-order valence-electron chi connectivity index (χ1n) is 4.63. The summed E-state index contributed by atoms with van der Waals surface area (Å²) in [5.41, 5.74) is 2.38. The number of fused-ring (bicyclic) bond motifs is 1. The van der Waals surface area contributed by atoms with Crippen LogP contribution in [0.3, 0.4) is 0 Å². The van der Waals surface area contributed by atoms with Gasteiger partial charge in [0, 0.05) is 16.7 Å². The summed E-state index contributed by atoms with van der Waals surface area (Å²) in [6.45, 7) is 1.85. The summed E-state index contributed by atoms with van der Waals surface area (Å²) < 4.78 is 2.76. The van der Waals surface area contributed by atoms with Gasteiger partial charge in [0.05, 0.1) is 11.4 Å². The fourth-order valence-corrected chi connectivity index (χ4v) is 1.84. The number of rotatable bonds is 2. The summed E-state index contributed by atoms with van der Waals surface area (Å²) in [6.07, 6.45) is 4.51. The molecular formula is C11H9BrN2O2. The number of hydrogen-bond donors (Lipinski definition) is 1. The van der Waals surface area contributed by atoms with Crippen molar-refractivity contribution in [3.8, 4) is 0 Å². The number of nitrogens with zero attached hydrogens (tertiary/aromatic N) is 2. The second-order valence-corrected chi connectivity index (χ2v) is 4.25. The monoisotopic (exact) mass is 280 g/mol. The van der Waals surface area contributed by atoms with E-state index in [1.54, 1.807) is 6.08 Å². The highest BCUT2D eigenvalue weighted by molar-refractivity contribution is 9.10. The van der Waals surface area contributed by atoms with Crippen LogP contribution in [0.25, 0.3) is 11.7 Å². The minimum atomic E-state index is -0.968. The lowest BCUT2D eigenvalue weighted by Gasteiger charge is -1.97. The molecule has 0 aliphatic heterocycles. The molecule has 0 saturated carbocycles. The smallest absolute Gasteiger partial charge is 0.328 e. The lowest BCUT2D eigenvalue weighted by molar-refractivity contribution is -0.131. The maximum Gasteiger partial charge on any atom is 0.328 e. The van der Waals surface area contributed by atoms with Crippen LogP contribution < -0.4 is 0 Å². The molecule has 0 fully saturated rings. The molecular weight excluding hydrogens is 272 g/mol. The molecule has 0 aliphatic carbocycles. The van der Waals surface area contributed by atoms with Crippen LogP contribution in [0.5, 0.6) is 0 Å². The van der Waals surface area contributed by atoms with Crippen LogP contribution in [0.2, 0.25) is 0 Å². The zero-order chi connectivity index (χ0) is 11.7. The summed E-state index contributed by atoms with van der Waals surface area (Å²) in [5, 5.41) is 8.60. The summed E-state index contributed by atoms with van der Waals surface area (Å²) in [4.78, 5) is 14.8. The van der Waals surface area contributed by atoms with Gasteiger partial charge in [-0.1, -0.05) is 0 Å². The Labute approximate surface area is 100 Å². The molecule has 0 amide bonds. The van der Waals surface area contributed by atoms with E-state index >= 15 is 0 Å². The van der Waals surface area contributed by atoms with Crippen LogP contribution in [0.1, 0.15) is 11.4 Å². The van der Waals surface area contributed by atoms with E-state index < -0.39 is 5.97 Å². The van der Waals surface area contributed by atoms with Gasteiger partial charge in [-0.3, -0.25) is 4.40 Å². The molecule has 0 unspecified atom stereocenters. The minimum Gasteiger partial charge on any atom is -0.478 e. The Bertz CT molecular complexity index is 587. The van der Waals surface area contributed by atoms with E-state index in [-0.39, 0.29) is 0 Å². The zero-order valence-electron chi connectivity index (χ0n) is 8.51. The average molecular weight is 281 g/mol. The van der Waals surface area contributed by atoms with E-state index in [1.165, 1.54) is 0 Å². The normalized spacial score (nSPS) is 11.4. The highest BCUT2D eigenvalue weighted by Crippen LogP contribution is 2.17. The zero-order valence-corrected chi connectivity index (χ0v) is 10.1. The minimum absolute atomic E-state index is 0.777. The van der Waals surface area contributed by atoms with Crippen molar-refractivity contribution < 1.29 is 9.90 Å². The van der Waals surface area contributed by atoms with E-state index in [0.717, 1.165) is 27.6 Å². The Kier molecular flexibility index (Phi) is 2.78. The van der Waals surface area contributed by atoms with Crippen molar-refractivity contribution >= 4 is 33.6 Å². The molecule has 0 aliphatic rings. The van der Waals surface area contributed by atoms with Crippen molar-refractivity contribution in [1.29, 1.82) is 0 Å². The fourth-order valence-electron chi connectivity index (χ4n) is 1.51. The Morgan fingerprint density at radius 3 is 3.00 bits per heavy atom. The van der Waals surface area contributed by atoms with Crippen LogP contribution in [-0.4, -0.2) is 20.5 Å². The number of aromatic nitrogens is 2. The fraction of sp³-hybridized carbons (Fsp3) is 0.0909. The number of pyridine rings is 1. The maximum absolute atomic E-state index is 10.5. The van der Waals surface area contributed by atoms with Gasteiger partial charge in [0.25, 0.3) is 0 Å². The molecule has 0 saturated heterocycles. The summed E-state index contributed by atoms with van der Waals surface area (Å²) in [7, 11) is 0. The van der Waals surface area contributed by atoms with Gasteiger partial charge in [-0.05, 0) is 41.1 Å². The molecule has 0 spiro atoms. The third-order valence-electron chi connectivity index (χ3n) is 2.19. The van der Waals surface area contributed by atoms with Crippen LogP contribution in [0.4, 0.5) is 0 Å². The molecule has 4 nitrogen and oxygen atoms in total. The van der Waals surface area contributed by atoms with E-state index in [1.807, 2.05) is 29.7 Å². The van der Waals surface area contributed by atoms with Crippen LogP contribution in [0.15, 0.2) is 28.9 Å². The first-order valence-corrected chi connectivity index (χ1v) is 5.42. The molecule has 2 aromatic heterocycles. The Balaban J connectivity index is 2.62. The number of aliphatic carboxylic acids is 1. The first kappa shape index (κ1) is 10.9. The number of carboxylic acids is 1. The van der Waals surface area contributed by atoms with E-state index in [0.29, 0.717) is 0 Å². The highest BCUT2D eigenvalue weighted by atomic mass is 79.9. The van der Waals surface area contributed by atoms with Crippen molar-refractivity contribution in [3.05, 3.63) is 40.3 Å². The van der Waals surface area contributed by atoms with Crippen molar-refractivity contribution in [3.63, 3.8) is 0 Å². The quantitative estimate of drug-likeness (QED) is 0.860. The largest absolute Gasteiger partial charge is 0.478 e. The number of carboxylic acid groups (broad SMARTS) is 1. The van der Waals surface area contributed by atoms with Gasteiger partial charge in [0.2, 0.25) is 0 Å². The predicted molar refractivity (Wildman–Crippen MR) is 64.3 cm³/mol. The molecule has 2 rings (SSSR count). The number of hydrogen-bond acceptors (Lipinski definition) is 2. The maximum atomic E-state index is 10.5. The molecule has 0 atom stereocenters. The van der Waals surface area contributed by atoms with Gasteiger partial charge in [0.1, 0.15) is 5.65 Å². The number of halogens is 1. The lowest BCUT2D eigenvalue weighted by atomic mass is 10.3. The first-order chi connectivity index (χ1) is 7.58. The van der Waals surface area contributed by atoms with Gasteiger partial charge in [-0.15, -0.1) is 0 Å². The Hall–Kier alpha value is -1.62. The van der Waals surface area contributed by atoms with E-state index in [2.05, 4.69) is 20.9 Å². The van der Waals surface area contributed by atoms with Crippen molar-refractivity contribution in [2.45, 2.75) is 6.92 Å². The average Bonchev–Trinajstić information content (AvgIpc) is 2.51. The van der Waals surface area contributed by atoms with Gasteiger partial charge < -0.3 is 5.11 Å². The SMILES string of the molecule is Cc1nc2ccc(Br)cn2c1/C=C/C(=O)O. The Morgan fingerprint density at radius 1 is 1.56 bits per heavy atom. The van der Waals surface area contributed by atoms with Crippen LogP contribution in [-0.2, 0) is 4.79 Å². The second-order valence-electron chi connectivity index (χ2n) is 3.33. The summed E-state index contributed by atoms with van der Waals surface area (Å²) in [5.74, 6) is -0.968. The number of carbonyl (C=O) groups is 1. The highest BCUT2D eigenvalue weighted by Gasteiger charge is 2.06. The predicted octanol–water partition coefficient (Wildman–Crippen LogP) is 2.50. The Morgan fingerprint density at radius 2 is 2.31 bits per heavy atom. The standard InChI is InChI=1S/C11H9BrN2O2/c1-7-9(3-5-11(15)16)14-6-8(12)2-4-10(14)13-7/h2-6H,1H3,(H,15,16)/b5-3+. The topological polar surface area (TPSA) is 54.6 Å².